The van der Waals surface area contributed by atoms with E-state index in [0.29, 0.717) is 12.8 Å². The lowest BCUT2D eigenvalue weighted by Crippen LogP contribution is -2.35. The van der Waals surface area contributed by atoms with Crippen molar-refractivity contribution in [2.45, 2.75) is 26.3 Å². The molecule has 0 aliphatic carbocycles. The number of thiazole rings is 1. The molecule has 1 aliphatic heterocycles. The second-order valence-corrected chi connectivity index (χ2v) is 8.37. The predicted octanol–water partition coefficient (Wildman–Crippen LogP) is 3.95. The Morgan fingerprint density at radius 1 is 1.24 bits per heavy atom. The first-order valence-corrected chi connectivity index (χ1v) is 10.5. The normalized spacial score (nSPS) is 15.3. The zero-order valence-electron chi connectivity index (χ0n) is 16.2. The third kappa shape index (κ3) is 4.96. The van der Waals surface area contributed by atoms with E-state index in [1.165, 1.54) is 0 Å². The van der Waals surface area contributed by atoms with Crippen molar-refractivity contribution in [3.8, 4) is 10.6 Å². The van der Waals surface area contributed by atoms with Crippen LogP contribution < -0.4 is 5.32 Å². The highest BCUT2D eigenvalue weighted by atomic mass is 32.1. The van der Waals surface area contributed by atoms with Crippen LogP contribution in [-0.2, 0) is 11.3 Å². The molecule has 1 aliphatic rings. The lowest BCUT2D eigenvalue weighted by Gasteiger charge is -2.29. The van der Waals surface area contributed by atoms with Crippen LogP contribution in [0, 0.1) is 12.8 Å². The number of rotatable bonds is 6. The summed E-state index contributed by atoms with van der Waals surface area (Å²) in [7, 11) is 0. The first kappa shape index (κ1) is 19.5. The Morgan fingerprint density at radius 3 is 2.83 bits per heavy atom. The van der Waals surface area contributed by atoms with Gasteiger partial charge in [-0.2, -0.15) is 0 Å². The number of carboxylic acid groups (broad SMARTS) is 1. The number of pyridine rings is 2. The van der Waals surface area contributed by atoms with Gasteiger partial charge in [0.25, 0.3) is 0 Å². The number of carbonyl (C=O) groups is 1. The molecule has 7 nitrogen and oxygen atoms in total. The molecule has 3 aromatic rings. The third-order valence-electron chi connectivity index (χ3n) is 5.02. The average Bonchev–Trinajstić information content (AvgIpc) is 3.17. The average molecular weight is 410 g/mol. The number of aryl methyl sites for hydroxylation is 1. The van der Waals surface area contributed by atoms with Gasteiger partial charge in [-0.1, -0.05) is 6.07 Å². The molecule has 0 amide bonds. The summed E-state index contributed by atoms with van der Waals surface area (Å²) in [5.41, 5.74) is 2.01. The van der Waals surface area contributed by atoms with Gasteiger partial charge in [0.15, 0.2) is 0 Å². The van der Waals surface area contributed by atoms with Gasteiger partial charge >= 0.3 is 5.97 Å². The van der Waals surface area contributed by atoms with Crippen LogP contribution in [0.25, 0.3) is 10.6 Å². The van der Waals surface area contributed by atoms with Gasteiger partial charge in [0.2, 0.25) is 0 Å². The molecule has 0 saturated carbocycles. The molecule has 150 valence electrons. The van der Waals surface area contributed by atoms with Gasteiger partial charge < -0.3 is 10.4 Å². The summed E-state index contributed by atoms with van der Waals surface area (Å²) in [5, 5.41) is 13.4. The van der Waals surface area contributed by atoms with Gasteiger partial charge in [-0.15, -0.1) is 11.3 Å². The smallest absolute Gasteiger partial charge is 0.306 e. The molecule has 2 N–H and O–H groups in total. The standard InChI is InChI=1S/C21H23N5O2S/c1-14-5-8-22-19(11-14)25-18-4-2-3-16(24-18)17-12-23-20(29-17)13-26-9-6-15(7-10-26)21(27)28/h2-5,8,11-12,15H,6-7,9-10,13H2,1H3,(H,27,28)(H,22,24,25). The van der Waals surface area contributed by atoms with E-state index in [1.807, 2.05) is 43.5 Å². The molecule has 1 saturated heterocycles. The first-order chi connectivity index (χ1) is 14.1. The Kier molecular flexibility index (Phi) is 5.82. The molecule has 1 fully saturated rings. The molecule has 29 heavy (non-hydrogen) atoms. The number of aliphatic carboxylic acids is 1. The Bertz CT molecular complexity index is 998. The van der Waals surface area contributed by atoms with Crippen molar-refractivity contribution in [3.05, 3.63) is 53.3 Å². The van der Waals surface area contributed by atoms with Crippen LogP contribution in [0.5, 0.6) is 0 Å². The van der Waals surface area contributed by atoms with Crippen LogP contribution in [0.15, 0.2) is 42.7 Å². The van der Waals surface area contributed by atoms with E-state index < -0.39 is 5.97 Å². The minimum atomic E-state index is -0.679. The Balaban J connectivity index is 1.41. The van der Waals surface area contributed by atoms with Gasteiger partial charge in [-0.3, -0.25) is 9.69 Å². The summed E-state index contributed by atoms with van der Waals surface area (Å²) < 4.78 is 0. The number of carboxylic acids is 1. The summed E-state index contributed by atoms with van der Waals surface area (Å²) in [6.45, 7) is 4.38. The largest absolute Gasteiger partial charge is 0.481 e. The highest BCUT2D eigenvalue weighted by molar-refractivity contribution is 7.15. The zero-order valence-corrected chi connectivity index (χ0v) is 17.0. The van der Waals surface area contributed by atoms with Crippen LogP contribution >= 0.6 is 11.3 Å². The molecule has 4 rings (SSSR count). The number of nitrogens with one attached hydrogen (secondary N) is 1. The molecule has 0 aromatic carbocycles. The SMILES string of the molecule is Cc1ccnc(Nc2cccc(-c3cnc(CN4CCC(C(=O)O)CC4)s3)n2)c1. The van der Waals surface area contributed by atoms with E-state index in [4.69, 9.17) is 10.1 Å². The van der Waals surface area contributed by atoms with Crippen molar-refractivity contribution >= 4 is 28.9 Å². The zero-order chi connectivity index (χ0) is 20.2. The number of nitrogens with zero attached hydrogens (tertiary/aromatic N) is 4. The molecule has 0 spiro atoms. The number of likely N-dealkylation sites (tertiary alicyclic amines) is 1. The minimum absolute atomic E-state index is 0.208. The molecule has 0 atom stereocenters. The van der Waals surface area contributed by atoms with E-state index in [0.717, 1.165) is 52.4 Å². The Labute approximate surface area is 173 Å². The van der Waals surface area contributed by atoms with E-state index >= 15 is 0 Å². The number of aromatic nitrogens is 3. The van der Waals surface area contributed by atoms with Crippen molar-refractivity contribution in [2.24, 2.45) is 5.92 Å². The highest BCUT2D eigenvalue weighted by Gasteiger charge is 2.24. The van der Waals surface area contributed by atoms with Crippen molar-refractivity contribution in [1.29, 1.82) is 0 Å². The molecular weight excluding hydrogens is 386 g/mol. The number of hydrogen-bond donors (Lipinski definition) is 2. The Morgan fingerprint density at radius 2 is 2.07 bits per heavy atom. The summed E-state index contributed by atoms with van der Waals surface area (Å²) >= 11 is 1.63. The van der Waals surface area contributed by atoms with Crippen molar-refractivity contribution in [2.75, 3.05) is 18.4 Å². The van der Waals surface area contributed by atoms with Crippen LogP contribution in [0.3, 0.4) is 0 Å². The quantitative estimate of drug-likeness (QED) is 0.637. The molecule has 8 heteroatoms. The number of piperidine rings is 1. The fourth-order valence-electron chi connectivity index (χ4n) is 3.41. The summed E-state index contributed by atoms with van der Waals surface area (Å²) in [6.07, 6.45) is 5.04. The van der Waals surface area contributed by atoms with Crippen LogP contribution in [0.4, 0.5) is 11.6 Å². The summed E-state index contributed by atoms with van der Waals surface area (Å²) in [4.78, 5) is 28.0. The van der Waals surface area contributed by atoms with Gasteiger partial charge in [0.1, 0.15) is 16.6 Å². The van der Waals surface area contributed by atoms with Crippen LogP contribution in [0.2, 0.25) is 0 Å². The van der Waals surface area contributed by atoms with Crippen LogP contribution in [-0.4, -0.2) is 44.0 Å². The van der Waals surface area contributed by atoms with Crippen molar-refractivity contribution in [3.63, 3.8) is 0 Å². The predicted molar refractivity (Wildman–Crippen MR) is 113 cm³/mol. The summed E-state index contributed by atoms with van der Waals surface area (Å²) in [6, 6.07) is 9.80. The summed E-state index contributed by atoms with van der Waals surface area (Å²) in [5.74, 6) is 0.623. The van der Waals surface area contributed by atoms with E-state index in [-0.39, 0.29) is 5.92 Å². The molecule has 3 aromatic heterocycles. The lowest BCUT2D eigenvalue weighted by atomic mass is 9.97. The van der Waals surface area contributed by atoms with Gasteiger partial charge in [0, 0.05) is 12.4 Å². The maximum absolute atomic E-state index is 11.1. The third-order valence-corrected chi connectivity index (χ3v) is 6.03. The second kappa shape index (κ2) is 8.67. The van der Waals surface area contributed by atoms with E-state index in [2.05, 4.69) is 20.2 Å². The molecule has 0 bridgehead atoms. The maximum atomic E-state index is 11.1. The van der Waals surface area contributed by atoms with Crippen molar-refractivity contribution in [1.82, 2.24) is 19.9 Å². The van der Waals surface area contributed by atoms with Gasteiger partial charge in [-0.25, -0.2) is 15.0 Å². The maximum Gasteiger partial charge on any atom is 0.306 e. The molecule has 0 radical (unpaired) electrons. The molecule has 0 unspecified atom stereocenters. The topological polar surface area (TPSA) is 91.2 Å². The minimum Gasteiger partial charge on any atom is -0.481 e. The molecule has 4 heterocycles. The van der Waals surface area contributed by atoms with Crippen molar-refractivity contribution < 1.29 is 9.90 Å². The highest BCUT2D eigenvalue weighted by Crippen LogP contribution is 2.28. The molecular formula is C21H23N5O2S. The Hall–Kier alpha value is -2.84. The first-order valence-electron chi connectivity index (χ1n) is 9.64. The lowest BCUT2D eigenvalue weighted by molar-refractivity contribution is -0.143. The van der Waals surface area contributed by atoms with Crippen LogP contribution in [0.1, 0.15) is 23.4 Å². The van der Waals surface area contributed by atoms with Gasteiger partial charge in [-0.05, 0) is 62.7 Å². The fraction of sp³-hybridized carbons (Fsp3) is 0.333. The van der Waals surface area contributed by atoms with Gasteiger partial charge in [0.05, 0.1) is 23.0 Å². The van der Waals surface area contributed by atoms with E-state index in [1.54, 1.807) is 17.5 Å². The number of anilines is 2. The second-order valence-electron chi connectivity index (χ2n) is 7.26. The number of hydrogen-bond acceptors (Lipinski definition) is 7. The monoisotopic (exact) mass is 409 g/mol. The fourth-order valence-corrected chi connectivity index (χ4v) is 4.34. The van der Waals surface area contributed by atoms with E-state index in [9.17, 15) is 4.79 Å².